The van der Waals surface area contributed by atoms with E-state index in [2.05, 4.69) is 45.1 Å². The van der Waals surface area contributed by atoms with Crippen LogP contribution in [0.1, 0.15) is 25.3 Å². The summed E-state index contributed by atoms with van der Waals surface area (Å²) in [6.07, 6.45) is 7.65. The van der Waals surface area contributed by atoms with E-state index in [9.17, 15) is 9.18 Å². The van der Waals surface area contributed by atoms with E-state index in [0.717, 1.165) is 47.1 Å². The van der Waals surface area contributed by atoms with E-state index < -0.39 is 0 Å². The van der Waals surface area contributed by atoms with Gasteiger partial charge in [0.1, 0.15) is 5.82 Å². The Labute approximate surface area is 186 Å². The third-order valence-corrected chi connectivity index (χ3v) is 6.43. The molecule has 5 rings (SSSR count). The first-order valence-corrected chi connectivity index (χ1v) is 11.1. The Hall–Kier alpha value is -3.48. The lowest BCUT2D eigenvalue weighted by molar-refractivity contribution is -0.131. The third-order valence-electron chi connectivity index (χ3n) is 6.43. The van der Waals surface area contributed by atoms with Gasteiger partial charge in [-0.25, -0.2) is 4.39 Å². The number of carbonyl (C=O) groups is 1. The zero-order chi connectivity index (χ0) is 22.1. The zero-order valence-electron chi connectivity index (χ0n) is 18.0. The van der Waals surface area contributed by atoms with Crippen LogP contribution in [0.3, 0.4) is 0 Å². The van der Waals surface area contributed by atoms with Crippen LogP contribution in [0, 0.1) is 11.7 Å². The first kappa shape index (κ1) is 20.4. The number of carbonyl (C=O) groups excluding carboxylic acids is 1. The van der Waals surface area contributed by atoms with Gasteiger partial charge >= 0.3 is 0 Å². The Bertz CT molecular complexity index is 1220. The molecule has 164 valence electrons. The molecule has 7 heteroatoms. The minimum atomic E-state index is -0.250. The van der Waals surface area contributed by atoms with Crippen LogP contribution in [-0.4, -0.2) is 43.4 Å². The van der Waals surface area contributed by atoms with E-state index in [-0.39, 0.29) is 17.8 Å². The van der Waals surface area contributed by atoms with Gasteiger partial charge in [0.25, 0.3) is 0 Å². The topological polar surface area (TPSA) is 66.8 Å². The highest BCUT2D eigenvalue weighted by atomic mass is 19.1. The van der Waals surface area contributed by atoms with Gasteiger partial charge < -0.3 is 4.90 Å². The molecular weight excluding hydrogens is 405 g/mol. The molecule has 0 bridgehead atoms. The lowest BCUT2D eigenvalue weighted by atomic mass is 10.1. The van der Waals surface area contributed by atoms with Crippen LogP contribution < -0.4 is 0 Å². The highest BCUT2D eigenvalue weighted by Crippen LogP contribution is 2.28. The van der Waals surface area contributed by atoms with Gasteiger partial charge in [-0.15, -0.1) is 0 Å². The van der Waals surface area contributed by atoms with E-state index in [1.54, 1.807) is 12.1 Å². The standard InChI is InChI=1S/C25H26FN5O/c1-17-10-19(15-30(17)25(32)9-4-18-2-6-23(26)7-3-18)16-31-24-8-5-20(11-21(24)14-29-31)22-12-27-28-13-22/h2-3,5-8,11-14,17,19H,4,9-10,15-16H2,1H3,(H,27,28)/t17-,19+/m1/s1. The summed E-state index contributed by atoms with van der Waals surface area (Å²) in [4.78, 5) is 14.8. The minimum absolute atomic E-state index is 0.166. The van der Waals surface area contributed by atoms with E-state index in [0.29, 0.717) is 18.8 Å². The van der Waals surface area contributed by atoms with Crippen molar-refractivity contribution in [2.45, 2.75) is 38.8 Å². The summed E-state index contributed by atoms with van der Waals surface area (Å²) in [5.41, 5.74) is 4.25. The van der Waals surface area contributed by atoms with E-state index >= 15 is 0 Å². The number of benzene rings is 2. The van der Waals surface area contributed by atoms with Gasteiger partial charge in [-0.05, 0) is 61.1 Å². The molecule has 32 heavy (non-hydrogen) atoms. The van der Waals surface area contributed by atoms with Crippen LogP contribution in [-0.2, 0) is 17.8 Å². The molecule has 1 aliphatic rings. The van der Waals surface area contributed by atoms with Crippen molar-refractivity contribution in [1.29, 1.82) is 0 Å². The molecule has 4 aromatic rings. The highest BCUT2D eigenvalue weighted by Gasteiger charge is 2.32. The summed E-state index contributed by atoms with van der Waals surface area (Å²) in [7, 11) is 0. The monoisotopic (exact) mass is 431 g/mol. The molecular formula is C25H26FN5O. The average molecular weight is 432 g/mol. The lowest BCUT2D eigenvalue weighted by Gasteiger charge is -2.21. The molecule has 3 heterocycles. The molecule has 2 atom stereocenters. The van der Waals surface area contributed by atoms with Crippen molar-refractivity contribution >= 4 is 16.8 Å². The summed E-state index contributed by atoms with van der Waals surface area (Å²) >= 11 is 0. The van der Waals surface area contributed by atoms with E-state index in [1.807, 2.05) is 23.5 Å². The summed E-state index contributed by atoms with van der Waals surface area (Å²) < 4.78 is 15.1. The minimum Gasteiger partial charge on any atom is -0.340 e. The van der Waals surface area contributed by atoms with Crippen LogP contribution >= 0.6 is 0 Å². The quantitative estimate of drug-likeness (QED) is 0.491. The van der Waals surface area contributed by atoms with Gasteiger partial charge in [-0.3, -0.25) is 14.6 Å². The molecule has 0 radical (unpaired) electrons. The van der Waals surface area contributed by atoms with Gasteiger partial charge in [-0.2, -0.15) is 10.2 Å². The lowest BCUT2D eigenvalue weighted by Crippen LogP contribution is -2.34. The van der Waals surface area contributed by atoms with Gasteiger partial charge in [0, 0.05) is 42.7 Å². The second-order valence-corrected chi connectivity index (χ2v) is 8.71. The van der Waals surface area contributed by atoms with Crippen molar-refractivity contribution in [2.75, 3.05) is 6.54 Å². The first-order valence-electron chi connectivity index (χ1n) is 11.1. The number of hydrogen-bond donors (Lipinski definition) is 1. The number of aromatic nitrogens is 4. The summed E-state index contributed by atoms with van der Waals surface area (Å²) in [6.45, 7) is 3.66. The van der Waals surface area contributed by atoms with E-state index in [4.69, 9.17) is 0 Å². The molecule has 0 aliphatic carbocycles. The van der Waals surface area contributed by atoms with Crippen LogP contribution in [0.2, 0.25) is 0 Å². The van der Waals surface area contributed by atoms with Gasteiger partial charge in [0.05, 0.1) is 17.9 Å². The van der Waals surface area contributed by atoms with E-state index in [1.165, 1.54) is 12.1 Å². The zero-order valence-corrected chi connectivity index (χ0v) is 18.0. The summed E-state index contributed by atoms with van der Waals surface area (Å²) in [5.74, 6) is 0.288. The number of rotatable bonds is 6. The average Bonchev–Trinajstić information content (AvgIpc) is 3.54. The normalized spacial score (nSPS) is 18.5. The molecule has 2 aromatic heterocycles. The number of aromatic amines is 1. The maximum atomic E-state index is 13.1. The molecule has 0 spiro atoms. The SMILES string of the molecule is C[C@@H]1C[C@H](Cn2ncc3cc(-c4cn[nH]c4)ccc32)CN1C(=O)CCc1ccc(F)cc1. The van der Waals surface area contributed by atoms with Crippen LogP contribution in [0.25, 0.3) is 22.0 Å². The third kappa shape index (κ3) is 4.15. The fourth-order valence-electron chi connectivity index (χ4n) is 4.73. The smallest absolute Gasteiger partial charge is 0.223 e. The molecule has 1 saturated heterocycles. The molecule has 1 aliphatic heterocycles. The Kier molecular flexibility index (Phi) is 5.47. The number of nitrogens with zero attached hydrogens (tertiary/aromatic N) is 4. The second kappa shape index (κ2) is 8.57. The first-order chi connectivity index (χ1) is 15.6. The largest absolute Gasteiger partial charge is 0.340 e. The number of fused-ring (bicyclic) bond motifs is 1. The molecule has 0 unspecified atom stereocenters. The van der Waals surface area contributed by atoms with Crippen molar-refractivity contribution in [1.82, 2.24) is 24.9 Å². The van der Waals surface area contributed by atoms with Crippen molar-refractivity contribution < 1.29 is 9.18 Å². The Morgan fingerprint density at radius 1 is 1.16 bits per heavy atom. The molecule has 1 fully saturated rings. The number of hydrogen-bond acceptors (Lipinski definition) is 3. The number of aryl methyl sites for hydroxylation is 1. The fourth-order valence-corrected chi connectivity index (χ4v) is 4.73. The maximum Gasteiger partial charge on any atom is 0.223 e. The van der Waals surface area contributed by atoms with Gasteiger partial charge in [0.2, 0.25) is 5.91 Å². The Morgan fingerprint density at radius 3 is 2.78 bits per heavy atom. The summed E-state index contributed by atoms with van der Waals surface area (Å²) in [5, 5.41) is 12.6. The second-order valence-electron chi connectivity index (χ2n) is 8.71. The molecule has 6 nitrogen and oxygen atoms in total. The molecule has 2 aromatic carbocycles. The van der Waals surface area contributed by atoms with Crippen LogP contribution in [0.15, 0.2) is 61.1 Å². The molecule has 0 saturated carbocycles. The van der Waals surface area contributed by atoms with Crippen molar-refractivity contribution in [3.63, 3.8) is 0 Å². The number of H-pyrrole nitrogens is 1. The predicted molar refractivity (Wildman–Crippen MR) is 121 cm³/mol. The Morgan fingerprint density at radius 2 is 2.00 bits per heavy atom. The van der Waals surface area contributed by atoms with Gasteiger partial charge in [0.15, 0.2) is 0 Å². The highest BCUT2D eigenvalue weighted by molar-refractivity contribution is 5.84. The van der Waals surface area contributed by atoms with Crippen molar-refractivity contribution in [3.8, 4) is 11.1 Å². The number of likely N-dealkylation sites (tertiary alicyclic amines) is 1. The molecule has 1 amide bonds. The van der Waals surface area contributed by atoms with Crippen molar-refractivity contribution in [3.05, 3.63) is 72.4 Å². The predicted octanol–water partition coefficient (Wildman–Crippen LogP) is 4.44. The maximum absolute atomic E-state index is 13.1. The number of halogens is 1. The van der Waals surface area contributed by atoms with Gasteiger partial charge in [-0.1, -0.05) is 18.2 Å². The fraction of sp³-hybridized carbons (Fsp3) is 0.320. The number of amides is 1. The Balaban J connectivity index is 1.22. The summed E-state index contributed by atoms with van der Waals surface area (Å²) in [6, 6.07) is 12.9. The van der Waals surface area contributed by atoms with Crippen LogP contribution in [0.5, 0.6) is 0 Å². The molecule has 1 N–H and O–H groups in total. The van der Waals surface area contributed by atoms with Crippen molar-refractivity contribution in [2.24, 2.45) is 5.92 Å². The van der Waals surface area contributed by atoms with Crippen LogP contribution in [0.4, 0.5) is 4.39 Å². The number of nitrogens with one attached hydrogen (secondary N) is 1.